The van der Waals surface area contributed by atoms with Crippen molar-refractivity contribution in [2.75, 3.05) is 11.9 Å². The molecule has 0 atom stereocenters. The monoisotopic (exact) mass is 331 g/mol. The molecule has 0 aliphatic heterocycles. The minimum absolute atomic E-state index is 0.0514. The SMILES string of the molecule is CC(=O)c1cccc(NC(=O)COc2cc(C)c(Cl)c(C)c2)c1. The standard InChI is InChI=1S/C18H18ClNO3/c1-11-7-16(8-12(2)18(11)19)23-10-17(22)20-15-6-4-5-14(9-15)13(3)21/h4-9H,10H2,1-3H3,(H,20,22). The van der Waals surface area contributed by atoms with Crippen LogP contribution in [0.4, 0.5) is 5.69 Å². The largest absolute Gasteiger partial charge is 0.484 e. The number of amides is 1. The van der Waals surface area contributed by atoms with Crippen molar-refractivity contribution in [2.45, 2.75) is 20.8 Å². The van der Waals surface area contributed by atoms with E-state index in [0.29, 0.717) is 22.0 Å². The van der Waals surface area contributed by atoms with Gasteiger partial charge in [0, 0.05) is 16.3 Å². The van der Waals surface area contributed by atoms with E-state index >= 15 is 0 Å². The van der Waals surface area contributed by atoms with E-state index in [1.165, 1.54) is 6.92 Å². The van der Waals surface area contributed by atoms with Gasteiger partial charge in [0.05, 0.1) is 0 Å². The van der Waals surface area contributed by atoms with E-state index in [9.17, 15) is 9.59 Å². The first-order valence-corrected chi connectivity index (χ1v) is 7.55. The smallest absolute Gasteiger partial charge is 0.262 e. The number of aryl methyl sites for hydroxylation is 2. The van der Waals surface area contributed by atoms with Gasteiger partial charge in [0.15, 0.2) is 12.4 Å². The minimum Gasteiger partial charge on any atom is -0.484 e. The molecule has 5 heteroatoms. The number of Topliss-reactive ketones (excluding diaryl/α,β-unsaturated/α-hetero) is 1. The summed E-state index contributed by atoms with van der Waals surface area (Å²) in [5.41, 5.74) is 2.91. The van der Waals surface area contributed by atoms with E-state index in [0.717, 1.165) is 11.1 Å². The van der Waals surface area contributed by atoms with Crippen LogP contribution in [0.2, 0.25) is 5.02 Å². The highest BCUT2D eigenvalue weighted by Crippen LogP contribution is 2.25. The molecule has 0 fully saturated rings. The quantitative estimate of drug-likeness (QED) is 0.836. The van der Waals surface area contributed by atoms with Gasteiger partial charge in [0.25, 0.3) is 5.91 Å². The molecule has 0 radical (unpaired) electrons. The topological polar surface area (TPSA) is 55.4 Å². The Morgan fingerprint density at radius 3 is 2.39 bits per heavy atom. The molecule has 2 rings (SSSR count). The normalized spacial score (nSPS) is 10.3. The lowest BCUT2D eigenvalue weighted by molar-refractivity contribution is -0.118. The summed E-state index contributed by atoms with van der Waals surface area (Å²) in [5.74, 6) is 0.248. The third-order valence-electron chi connectivity index (χ3n) is 3.33. The van der Waals surface area contributed by atoms with Crippen LogP contribution >= 0.6 is 11.6 Å². The van der Waals surface area contributed by atoms with E-state index < -0.39 is 0 Å². The first kappa shape index (κ1) is 17.0. The molecule has 0 heterocycles. The maximum atomic E-state index is 12.0. The van der Waals surface area contributed by atoms with E-state index in [1.807, 2.05) is 13.8 Å². The number of rotatable bonds is 5. The van der Waals surface area contributed by atoms with E-state index in [1.54, 1.807) is 36.4 Å². The number of hydrogen-bond donors (Lipinski definition) is 1. The molecule has 0 spiro atoms. The van der Waals surface area contributed by atoms with Crippen LogP contribution in [0.1, 0.15) is 28.4 Å². The number of anilines is 1. The van der Waals surface area contributed by atoms with Crippen molar-refractivity contribution in [1.82, 2.24) is 0 Å². The average Bonchev–Trinajstić information content (AvgIpc) is 2.50. The Morgan fingerprint density at radius 2 is 1.78 bits per heavy atom. The first-order valence-electron chi connectivity index (χ1n) is 7.17. The summed E-state index contributed by atoms with van der Waals surface area (Å²) in [5, 5.41) is 3.40. The maximum Gasteiger partial charge on any atom is 0.262 e. The summed E-state index contributed by atoms with van der Waals surface area (Å²) in [4.78, 5) is 23.3. The molecule has 4 nitrogen and oxygen atoms in total. The van der Waals surface area contributed by atoms with Gasteiger partial charge in [-0.15, -0.1) is 0 Å². The fraction of sp³-hybridized carbons (Fsp3) is 0.222. The fourth-order valence-electron chi connectivity index (χ4n) is 2.15. The van der Waals surface area contributed by atoms with Crippen LogP contribution in [0.15, 0.2) is 36.4 Å². The Bertz CT molecular complexity index is 733. The lowest BCUT2D eigenvalue weighted by Crippen LogP contribution is -2.20. The van der Waals surface area contributed by atoms with Crippen molar-refractivity contribution < 1.29 is 14.3 Å². The van der Waals surface area contributed by atoms with Gasteiger partial charge >= 0.3 is 0 Å². The number of carbonyl (C=O) groups is 2. The predicted molar refractivity (Wildman–Crippen MR) is 91.5 cm³/mol. The van der Waals surface area contributed by atoms with Crippen molar-refractivity contribution in [1.29, 1.82) is 0 Å². The number of ether oxygens (including phenoxy) is 1. The molecule has 0 unspecified atom stereocenters. The Kier molecular flexibility index (Phi) is 5.40. The zero-order chi connectivity index (χ0) is 17.0. The van der Waals surface area contributed by atoms with Crippen LogP contribution in [0.5, 0.6) is 5.75 Å². The molecule has 0 aromatic heterocycles. The van der Waals surface area contributed by atoms with Crippen molar-refractivity contribution in [2.24, 2.45) is 0 Å². The van der Waals surface area contributed by atoms with Gasteiger partial charge in [-0.3, -0.25) is 9.59 Å². The Morgan fingerprint density at radius 1 is 1.13 bits per heavy atom. The van der Waals surface area contributed by atoms with Gasteiger partial charge in [0.1, 0.15) is 5.75 Å². The fourth-order valence-corrected chi connectivity index (χ4v) is 2.26. The highest BCUT2D eigenvalue weighted by atomic mass is 35.5. The average molecular weight is 332 g/mol. The second-order valence-corrected chi connectivity index (χ2v) is 5.72. The number of halogens is 1. The third kappa shape index (κ3) is 4.57. The van der Waals surface area contributed by atoms with Gasteiger partial charge in [-0.25, -0.2) is 0 Å². The Balaban J connectivity index is 1.98. The number of hydrogen-bond acceptors (Lipinski definition) is 3. The lowest BCUT2D eigenvalue weighted by atomic mass is 10.1. The van der Waals surface area contributed by atoms with Crippen LogP contribution in [-0.2, 0) is 4.79 Å². The van der Waals surface area contributed by atoms with E-state index in [2.05, 4.69) is 5.32 Å². The molecule has 23 heavy (non-hydrogen) atoms. The van der Waals surface area contributed by atoms with E-state index in [-0.39, 0.29) is 18.3 Å². The number of nitrogens with one attached hydrogen (secondary N) is 1. The zero-order valence-corrected chi connectivity index (χ0v) is 14.0. The van der Waals surface area contributed by atoms with Crippen molar-refractivity contribution in [3.8, 4) is 5.75 Å². The molecule has 2 aromatic rings. The number of ketones is 1. The highest BCUT2D eigenvalue weighted by molar-refractivity contribution is 6.32. The number of carbonyl (C=O) groups excluding carboxylic acids is 2. The third-order valence-corrected chi connectivity index (χ3v) is 3.93. The maximum absolute atomic E-state index is 12.0. The summed E-state index contributed by atoms with van der Waals surface area (Å²) in [6.45, 7) is 5.13. The van der Waals surface area contributed by atoms with Crippen LogP contribution in [-0.4, -0.2) is 18.3 Å². The van der Waals surface area contributed by atoms with Crippen LogP contribution in [0.3, 0.4) is 0 Å². The van der Waals surface area contributed by atoms with Crippen LogP contribution < -0.4 is 10.1 Å². The predicted octanol–water partition coefficient (Wildman–Crippen LogP) is 4.18. The summed E-state index contributed by atoms with van der Waals surface area (Å²) in [7, 11) is 0. The summed E-state index contributed by atoms with van der Waals surface area (Å²) in [6, 6.07) is 10.4. The highest BCUT2D eigenvalue weighted by Gasteiger charge is 2.08. The van der Waals surface area contributed by atoms with Gasteiger partial charge in [0.2, 0.25) is 0 Å². The second kappa shape index (κ2) is 7.29. The van der Waals surface area contributed by atoms with Gasteiger partial charge in [-0.2, -0.15) is 0 Å². The Hall–Kier alpha value is -2.33. The first-order chi connectivity index (χ1) is 10.9. The Labute approximate surface area is 140 Å². The molecule has 0 bridgehead atoms. The molecule has 1 N–H and O–H groups in total. The molecular formula is C18H18ClNO3. The van der Waals surface area contributed by atoms with Gasteiger partial charge in [-0.1, -0.05) is 23.7 Å². The molecular weight excluding hydrogens is 314 g/mol. The van der Waals surface area contributed by atoms with Crippen LogP contribution in [0.25, 0.3) is 0 Å². The minimum atomic E-state index is -0.295. The van der Waals surface area contributed by atoms with E-state index in [4.69, 9.17) is 16.3 Å². The molecule has 120 valence electrons. The zero-order valence-electron chi connectivity index (χ0n) is 13.3. The molecule has 0 aliphatic rings. The molecule has 2 aromatic carbocycles. The van der Waals surface area contributed by atoms with Crippen molar-refractivity contribution >= 4 is 29.0 Å². The summed E-state index contributed by atoms with van der Waals surface area (Å²) in [6.07, 6.45) is 0. The van der Waals surface area contributed by atoms with Gasteiger partial charge in [-0.05, 0) is 56.2 Å². The number of benzene rings is 2. The molecule has 0 aliphatic carbocycles. The lowest BCUT2D eigenvalue weighted by Gasteiger charge is -2.10. The van der Waals surface area contributed by atoms with Gasteiger partial charge < -0.3 is 10.1 Å². The molecule has 0 saturated carbocycles. The van der Waals surface area contributed by atoms with Crippen molar-refractivity contribution in [3.63, 3.8) is 0 Å². The summed E-state index contributed by atoms with van der Waals surface area (Å²) < 4.78 is 5.50. The summed E-state index contributed by atoms with van der Waals surface area (Å²) >= 11 is 6.10. The molecule has 1 amide bonds. The van der Waals surface area contributed by atoms with Crippen LogP contribution in [0, 0.1) is 13.8 Å². The second-order valence-electron chi connectivity index (χ2n) is 5.34. The van der Waals surface area contributed by atoms with Crippen molar-refractivity contribution in [3.05, 3.63) is 58.1 Å². The molecule has 0 saturated heterocycles.